The van der Waals surface area contributed by atoms with Gasteiger partial charge in [0.15, 0.2) is 0 Å². The van der Waals surface area contributed by atoms with Crippen molar-refractivity contribution in [2.24, 2.45) is 5.92 Å². The highest BCUT2D eigenvalue weighted by molar-refractivity contribution is 5.78. The first-order valence-corrected chi connectivity index (χ1v) is 9.14. The number of amides is 1. The normalized spacial score (nSPS) is 20.7. The molecule has 2 aliphatic rings. The molecule has 1 atom stereocenters. The molecule has 0 spiro atoms. The summed E-state index contributed by atoms with van der Waals surface area (Å²) in [6.07, 6.45) is 4.37. The van der Waals surface area contributed by atoms with Gasteiger partial charge < -0.3 is 15.4 Å². The van der Waals surface area contributed by atoms with Crippen molar-refractivity contribution >= 4 is 5.91 Å². The van der Waals surface area contributed by atoms with Crippen LogP contribution in [0.1, 0.15) is 37.3 Å². The third kappa shape index (κ3) is 4.28. The molecule has 1 aromatic rings. The fourth-order valence-corrected chi connectivity index (χ4v) is 3.79. The average Bonchev–Trinajstić information content (AvgIpc) is 3.17. The summed E-state index contributed by atoms with van der Waals surface area (Å²) in [5, 5.41) is 6.53. The summed E-state index contributed by atoms with van der Waals surface area (Å²) in [6, 6.07) is 8.47. The van der Waals surface area contributed by atoms with E-state index in [1.54, 1.807) is 7.11 Å². The third-order valence-electron chi connectivity index (χ3n) is 5.24. The lowest BCUT2D eigenvalue weighted by atomic mass is 9.97. The van der Waals surface area contributed by atoms with Gasteiger partial charge in [-0.05, 0) is 69.6 Å². The molecule has 2 heterocycles. The van der Waals surface area contributed by atoms with Crippen LogP contribution in [-0.4, -0.2) is 50.6 Å². The number of hydrogen-bond donors (Lipinski definition) is 2. The van der Waals surface area contributed by atoms with E-state index < -0.39 is 0 Å². The predicted octanol–water partition coefficient (Wildman–Crippen LogP) is 1.95. The van der Waals surface area contributed by atoms with Crippen LogP contribution in [0.2, 0.25) is 0 Å². The van der Waals surface area contributed by atoms with Gasteiger partial charge in [0.25, 0.3) is 0 Å². The maximum atomic E-state index is 12.5. The highest BCUT2D eigenvalue weighted by atomic mass is 16.5. The quantitative estimate of drug-likeness (QED) is 0.837. The van der Waals surface area contributed by atoms with Crippen LogP contribution in [0.25, 0.3) is 0 Å². The van der Waals surface area contributed by atoms with E-state index in [9.17, 15) is 4.79 Å². The lowest BCUT2D eigenvalue weighted by Gasteiger charge is -2.29. The topological polar surface area (TPSA) is 53.6 Å². The molecule has 2 fully saturated rings. The SMILES string of the molecule is COc1cccc(C(CNC(=O)C2CCNCC2)N2CCCC2)c1. The smallest absolute Gasteiger partial charge is 0.223 e. The second kappa shape index (κ2) is 8.49. The number of hydrogen-bond acceptors (Lipinski definition) is 4. The number of carbonyl (C=O) groups is 1. The fraction of sp³-hybridized carbons (Fsp3) is 0.632. The molecule has 2 N–H and O–H groups in total. The van der Waals surface area contributed by atoms with Gasteiger partial charge in [-0.3, -0.25) is 9.69 Å². The van der Waals surface area contributed by atoms with E-state index in [1.807, 2.05) is 12.1 Å². The summed E-state index contributed by atoms with van der Waals surface area (Å²) < 4.78 is 5.38. The molecule has 132 valence electrons. The number of ether oxygens (including phenoxy) is 1. The Hall–Kier alpha value is -1.59. The first-order valence-electron chi connectivity index (χ1n) is 9.14. The minimum atomic E-state index is 0.163. The van der Waals surface area contributed by atoms with Crippen molar-refractivity contribution in [3.05, 3.63) is 29.8 Å². The van der Waals surface area contributed by atoms with Gasteiger partial charge in [0.05, 0.1) is 13.2 Å². The number of carbonyl (C=O) groups excluding carboxylic acids is 1. The van der Waals surface area contributed by atoms with Gasteiger partial charge in [0, 0.05) is 12.5 Å². The number of benzene rings is 1. The summed E-state index contributed by atoms with van der Waals surface area (Å²) in [6.45, 7) is 4.78. The van der Waals surface area contributed by atoms with Crippen LogP contribution in [-0.2, 0) is 4.79 Å². The lowest BCUT2D eigenvalue weighted by molar-refractivity contribution is -0.126. The Bertz CT molecular complexity index is 537. The molecule has 1 aromatic carbocycles. The van der Waals surface area contributed by atoms with Crippen LogP contribution in [0.4, 0.5) is 0 Å². The Morgan fingerprint density at radius 1 is 1.33 bits per heavy atom. The molecule has 2 saturated heterocycles. The van der Waals surface area contributed by atoms with Crippen LogP contribution in [0, 0.1) is 5.92 Å². The van der Waals surface area contributed by atoms with Crippen LogP contribution in [0.5, 0.6) is 5.75 Å². The Labute approximate surface area is 144 Å². The molecule has 1 unspecified atom stereocenters. The van der Waals surface area contributed by atoms with Crippen LogP contribution in [0.15, 0.2) is 24.3 Å². The first-order chi connectivity index (χ1) is 11.8. The highest BCUT2D eigenvalue weighted by Gasteiger charge is 2.26. The minimum absolute atomic E-state index is 0.163. The largest absolute Gasteiger partial charge is 0.497 e. The van der Waals surface area contributed by atoms with E-state index in [2.05, 4.69) is 27.7 Å². The van der Waals surface area contributed by atoms with Gasteiger partial charge in [-0.15, -0.1) is 0 Å². The van der Waals surface area contributed by atoms with Crippen molar-refractivity contribution in [2.45, 2.75) is 31.7 Å². The lowest BCUT2D eigenvalue weighted by Crippen LogP contribution is -2.42. The number of likely N-dealkylation sites (tertiary alicyclic amines) is 1. The van der Waals surface area contributed by atoms with Crippen molar-refractivity contribution in [1.82, 2.24) is 15.5 Å². The molecule has 0 saturated carbocycles. The van der Waals surface area contributed by atoms with E-state index in [0.717, 1.165) is 44.8 Å². The molecular formula is C19H29N3O2. The van der Waals surface area contributed by atoms with E-state index in [4.69, 9.17) is 4.74 Å². The Morgan fingerprint density at radius 3 is 2.79 bits per heavy atom. The molecule has 0 radical (unpaired) electrons. The second-order valence-corrected chi connectivity index (χ2v) is 6.80. The average molecular weight is 331 g/mol. The Morgan fingerprint density at radius 2 is 2.08 bits per heavy atom. The fourth-order valence-electron chi connectivity index (χ4n) is 3.79. The van der Waals surface area contributed by atoms with Crippen molar-refractivity contribution in [3.8, 4) is 5.75 Å². The van der Waals surface area contributed by atoms with Gasteiger partial charge in [0.2, 0.25) is 5.91 Å². The second-order valence-electron chi connectivity index (χ2n) is 6.80. The molecule has 0 aromatic heterocycles. The zero-order valence-corrected chi connectivity index (χ0v) is 14.6. The number of piperidine rings is 1. The van der Waals surface area contributed by atoms with E-state index in [-0.39, 0.29) is 17.9 Å². The summed E-state index contributed by atoms with van der Waals surface area (Å²) in [4.78, 5) is 15.0. The molecule has 3 rings (SSSR count). The van der Waals surface area contributed by atoms with E-state index in [1.165, 1.54) is 18.4 Å². The molecule has 0 bridgehead atoms. The molecule has 2 aliphatic heterocycles. The molecule has 0 aliphatic carbocycles. The summed E-state index contributed by atoms with van der Waals surface area (Å²) in [5.74, 6) is 1.25. The van der Waals surface area contributed by atoms with Crippen LogP contribution < -0.4 is 15.4 Å². The number of nitrogens with one attached hydrogen (secondary N) is 2. The molecule has 5 nitrogen and oxygen atoms in total. The van der Waals surface area contributed by atoms with Gasteiger partial charge in [0.1, 0.15) is 5.75 Å². The Kier molecular flexibility index (Phi) is 6.10. The van der Waals surface area contributed by atoms with E-state index >= 15 is 0 Å². The molecule has 1 amide bonds. The van der Waals surface area contributed by atoms with Crippen molar-refractivity contribution in [3.63, 3.8) is 0 Å². The van der Waals surface area contributed by atoms with Crippen LogP contribution in [0.3, 0.4) is 0 Å². The van der Waals surface area contributed by atoms with Gasteiger partial charge in [-0.1, -0.05) is 12.1 Å². The number of nitrogens with zero attached hydrogens (tertiary/aromatic N) is 1. The van der Waals surface area contributed by atoms with Gasteiger partial charge >= 0.3 is 0 Å². The van der Waals surface area contributed by atoms with E-state index in [0.29, 0.717) is 6.54 Å². The third-order valence-corrected chi connectivity index (χ3v) is 5.24. The zero-order valence-electron chi connectivity index (χ0n) is 14.6. The molecule has 5 heteroatoms. The maximum Gasteiger partial charge on any atom is 0.223 e. The van der Waals surface area contributed by atoms with Gasteiger partial charge in [-0.2, -0.15) is 0 Å². The number of methoxy groups -OCH3 is 1. The highest BCUT2D eigenvalue weighted by Crippen LogP contribution is 2.27. The Balaban J connectivity index is 1.66. The summed E-state index contributed by atoms with van der Waals surface area (Å²) >= 11 is 0. The van der Waals surface area contributed by atoms with Crippen molar-refractivity contribution in [2.75, 3.05) is 39.8 Å². The van der Waals surface area contributed by atoms with Gasteiger partial charge in [-0.25, -0.2) is 0 Å². The minimum Gasteiger partial charge on any atom is -0.497 e. The first kappa shape index (κ1) is 17.2. The number of rotatable bonds is 6. The standard InChI is InChI=1S/C19H29N3O2/c1-24-17-6-4-5-16(13-17)18(22-11-2-3-12-22)14-21-19(23)15-7-9-20-10-8-15/h4-6,13,15,18,20H,2-3,7-12,14H2,1H3,(H,21,23). The monoisotopic (exact) mass is 331 g/mol. The summed E-state index contributed by atoms with van der Waals surface area (Å²) in [7, 11) is 1.70. The molecular weight excluding hydrogens is 302 g/mol. The van der Waals surface area contributed by atoms with Crippen molar-refractivity contribution < 1.29 is 9.53 Å². The van der Waals surface area contributed by atoms with Crippen molar-refractivity contribution in [1.29, 1.82) is 0 Å². The van der Waals surface area contributed by atoms with Crippen LogP contribution >= 0.6 is 0 Å². The summed E-state index contributed by atoms with van der Waals surface area (Å²) in [5.41, 5.74) is 1.22. The predicted molar refractivity (Wildman–Crippen MR) is 95.1 cm³/mol. The maximum absolute atomic E-state index is 12.5. The zero-order chi connectivity index (χ0) is 16.8. The molecule has 24 heavy (non-hydrogen) atoms.